The number of amides is 1. The average Bonchev–Trinajstić information content (AvgIpc) is 3.22. The zero-order valence-electron chi connectivity index (χ0n) is 18.6. The Hall–Kier alpha value is -2.98. The Labute approximate surface area is 205 Å². The third kappa shape index (κ3) is 6.52. The van der Waals surface area contributed by atoms with Gasteiger partial charge in [-0.15, -0.1) is 16.8 Å². The van der Waals surface area contributed by atoms with Crippen molar-refractivity contribution in [3.05, 3.63) is 65.4 Å². The summed E-state index contributed by atoms with van der Waals surface area (Å²) in [4.78, 5) is 12.6. The van der Waals surface area contributed by atoms with Crippen LogP contribution in [0.2, 0.25) is 0 Å². The number of rotatable bonds is 11. The lowest BCUT2D eigenvalue weighted by atomic mass is 10.2. The number of thioether (sulfide) groups is 1. The molecule has 0 aliphatic heterocycles. The van der Waals surface area contributed by atoms with E-state index in [2.05, 4.69) is 38.0 Å². The van der Waals surface area contributed by atoms with E-state index in [0.717, 1.165) is 10.2 Å². The maximum atomic E-state index is 12.6. The highest BCUT2D eigenvalue weighted by atomic mass is 79.9. The second kappa shape index (κ2) is 11.8. The lowest BCUT2D eigenvalue weighted by Crippen LogP contribution is -2.16. The monoisotopic (exact) mass is 532 g/mol. The molecule has 1 heterocycles. The lowest BCUT2D eigenvalue weighted by Gasteiger charge is -2.16. The number of nitrogens with one attached hydrogen (secondary N) is 1. The zero-order valence-corrected chi connectivity index (χ0v) is 21.0. The number of ether oxygens (including phenoxy) is 3. The Kier molecular flexibility index (Phi) is 8.79. The van der Waals surface area contributed by atoms with Gasteiger partial charge in [0.25, 0.3) is 0 Å². The summed E-state index contributed by atoms with van der Waals surface area (Å²) in [5, 5.41) is 12.0. The van der Waals surface area contributed by atoms with E-state index < -0.39 is 0 Å². The molecule has 0 aliphatic rings. The van der Waals surface area contributed by atoms with Gasteiger partial charge in [0, 0.05) is 17.1 Å². The van der Waals surface area contributed by atoms with Crippen molar-refractivity contribution in [1.82, 2.24) is 14.8 Å². The fourth-order valence-electron chi connectivity index (χ4n) is 3.00. The third-order valence-corrected chi connectivity index (χ3v) is 6.06. The molecule has 2 aromatic carbocycles. The van der Waals surface area contributed by atoms with Crippen molar-refractivity contribution >= 4 is 39.3 Å². The van der Waals surface area contributed by atoms with Gasteiger partial charge >= 0.3 is 0 Å². The number of aromatic nitrogens is 3. The van der Waals surface area contributed by atoms with Crippen LogP contribution in [-0.2, 0) is 11.3 Å². The number of nitrogens with zero attached hydrogens (tertiary/aromatic N) is 3. The van der Waals surface area contributed by atoms with Crippen LogP contribution in [0.1, 0.15) is 18.9 Å². The van der Waals surface area contributed by atoms with Gasteiger partial charge in [-0.3, -0.25) is 9.36 Å². The van der Waals surface area contributed by atoms with Crippen molar-refractivity contribution < 1.29 is 19.0 Å². The topological polar surface area (TPSA) is 87.5 Å². The highest BCUT2D eigenvalue weighted by Gasteiger charge is 2.20. The van der Waals surface area contributed by atoms with Gasteiger partial charge in [-0.05, 0) is 43.3 Å². The average molecular weight is 533 g/mol. The van der Waals surface area contributed by atoms with Gasteiger partial charge in [-0.25, -0.2) is 0 Å². The molecule has 0 spiro atoms. The van der Waals surface area contributed by atoms with E-state index in [4.69, 9.17) is 14.2 Å². The van der Waals surface area contributed by atoms with Crippen LogP contribution < -0.4 is 19.5 Å². The predicted octanol–water partition coefficient (Wildman–Crippen LogP) is 5.11. The molecule has 1 aromatic heterocycles. The number of anilines is 1. The Morgan fingerprint density at radius 1 is 1.18 bits per heavy atom. The van der Waals surface area contributed by atoms with E-state index in [9.17, 15) is 4.79 Å². The van der Waals surface area contributed by atoms with Crippen LogP contribution in [0.25, 0.3) is 0 Å². The first kappa shape index (κ1) is 24.7. The molecular formula is C23H25BrN4O4S. The molecule has 1 atom stereocenters. The highest BCUT2D eigenvalue weighted by Crippen LogP contribution is 2.30. The summed E-state index contributed by atoms with van der Waals surface area (Å²) in [7, 11) is 3.11. The van der Waals surface area contributed by atoms with Crippen LogP contribution in [0.15, 0.2) is 64.7 Å². The van der Waals surface area contributed by atoms with Gasteiger partial charge in [-0.1, -0.05) is 33.8 Å². The molecule has 0 bridgehead atoms. The summed E-state index contributed by atoms with van der Waals surface area (Å²) >= 11 is 4.70. The molecule has 0 radical (unpaired) electrons. The molecule has 0 saturated heterocycles. The van der Waals surface area contributed by atoms with E-state index in [1.54, 1.807) is 31.4 Å². The molecular weight excluding hydrogens is 508 g/mol. The number of benzene rings is 2. The number of allylic oxidation sites excluding steroid dienone is 1. The minimum atomic E-state index is -0.342. The smallest absolute Gasteiger partial charge is 0.234 e. The summed E-state index contributed by atoms with van der Waals surface area (Å²) in [5.41, 5.74) is 0.564. The fourth-order valence-corrected chi connectivity index (χ4v) is 4.02. The molecule has 1 unspecified atom stereocenters. The van der Waals surface area contributed by atoms with Crippen LogP contribution in [0.3, 0.4) is 0 Å². The molecule has 0 aliphatic carbocycles. The number of methoxy groups -OCH3 is 2. The first-order valence-corrected chi connectivity index (χ1v) is 11.8. The molecule has 8 nitrogen and oxygen atoms in total. The van der Waals surface area contributed by atoms with Gasteiger partial charge in [0.05, 0.1) is 25.7 Å². The van der Waals surface area contributed by atoms with E-state index in [1.165, 1.54) is 18.9 Å². The fraction of sp³-hybridized carbons (Fsp3) is 0.261. The van der Waals surface area contributed by atoms with Crippen LogP contribution >= 0.6 is 27.7 Å². The van der Waals surface area contributed by atoms with Gasteiger partial charge in [0.15, 0.2) is 17.1 Å². The highest BCUT2D eigenvalue weighted by molar-refractivity contribution is 9.10. The minimum Gasteiger partial charge on any atom is -0.497 e. The Balaban J connectivity index is 1.67. The molecule has 0 saturated carbocycles. The molecule has 0 fully saturated rings. The molecule has 10 heteroatoms. The van der Waals surface area contributed by atoms with Gasteiger partial charge in [0.2, 0.25) is 5.91 Å². The van der Waals surface area contributed by atoms with Gasteiger partial charge in [-0.2, -0.15) is 0 Å². The Morgan fingerprint density at radius 3 is 2.58 bits per heavy atom. The Bertz CT molecular complexity index is 1100. The molecule has 33 heavy (non-hydrogen) atoms. The van der Waals surface area contributed by atoms with Crippen molar-refractivity contribution in [2.75, 3.05) is 25.3 Å². The largest absolute Gasteiger partial charge is 0.497 e. The summed E-state index contributed by atoms with van der Waals surface area (Å²) in [6.45, 7) is 6.22. The van der Waals surface area contributed by atoms with Crippen molar-refractivity contribution in [3.63, 3.8) is 0 Å². The molecule has 3 rings (SSSR count). The first-order chi connectivity index (χ1) is 15.9. The molecule has 1 N–H and O–H groups in total. The van der Waals surface area contributed by atoms with Crippen molar-refractivity contribution in [3.8, 4) is 17.2 Å². The normalized spacial score (nSPS) is 11.5. The van der Waals surface area contributed by atoms with Gasteiger partial charge in [0.1, 0.15) is 17.2 Å². The van der Waals surface area contributed by atoms with Gasteiger partial charge < -0.3 is 19.5 Å². The van der Waals surface area contributed by atoms with Crippen LogP contribution in [-0.4, -0.2) is 40.6 Å². The first-order valence-electron chi connectivity index (χ1n) is 10.1. The second-order valence-corrected chi connectivity index (χ2v) is 8.72. The SMILES string of the molecule is C=CCn1c(SCC(=O)Nc2ccc(OC)cc2OC)nnc1C(C)Oc1ccc(Br)cc1. The minimum absolute atomic E-state index is 0.145. The standard InChI is InChI=1S/C23H25BrN4O4S/c1-5-12-28-22(15(2)32-17-8-6-16(24)7-9-17)26-27-23(28)33-14-21(29)25-19-11-10-18(30-3)13-20(19)31-4/h5-11,13,15H,1,12,14H2,2-4H3,(H,25,29). The van der Waals surface area contributed by atoms with E-state index in [-0.39, 0.29) is 17.8 Å². The summed E-state index contributed by atoms with van der Waals surface area (Å²) in [6, 6.07) is 12.8. The molecule has 174 valence electrons. The maximum Gasteiger partial charge on any atom is 0.234 e. The number of carbonyl (C=O) groups excluding carboxylic acids is 1. The zero-order chi connectivity index (χ0) is 23.8. The summed E-state index contributed by atoms with van der Waals surface area (Å²) < 4.78 is 19.4. The predicted molar refractivity (Wildman–Crippen MR) is 132 cm³/mol. The van der Waals surface area contributed by atoms with E-state index in [0.29, 0.717) is 34.7 Å². The summed E-state index contributed by atoms with van der Waals surface area (Å²) in [5.74, 6) is 2.48. The van der Waals surface area contributed by atoms with E-state index in [1.807, 2.05) is 35.8 Å². The number of hydrogen-bond donors (Lipinski definition) is 1. The summed E-state index contributed by atoms with van der Waals surface area (Å²) in [6.07, 6.45) is 1.41. The van der Waals surface area contributed by atoms with Crippen molar-refractivity contribution in [2.24, 2.45) is 0 Å². The van der Waals surface area contributed by atoms with Crippen LogP contribution in [0.5, 0.6) is 17.2 Å². The second-order valence-electron chi connectivity index (χ2n) is 6.86. The number of carbonyl (C=O) groups is 1. The van der Waals surface area contributed by atoms with Crippen LogP contribution in [0, 0.1) is 0 Å². The lowest BCUT2D eigenvalue weighted by molar-refractivity contribution is -0.113. The van der Waals surface area contributed by atoms with Crippen molar-refractivity contribution in [2.45, 2.75) is 24.7 Å². The maximum absolute atomic E-state index is 12.6. The van der Waals surface area contributed by atoms with E-state index >= 15 is 0 Å². The Morgan fingerprint density at radius 2 is 1.91 bits per heavy atom. The molecule has 3 aromatic rings. The number of hydrogen-bond acceptors (Lipinski definition) is 7. The van der Waals surface area contributed by atoms with Crippen LogP contribution in [0.4, 0.5) is 5.69 Å². The third-order valence-electron chi connectivity index (χ3n) is 4.56. The quantitative estimate of drug-likeness (QED) is 0.271. The molecule has 1 amide bonds. The number of halogens is 1. The van der Waals surface area contributed by atoms with Crippen molar-refractivity contribution in [1.29, 1.82) is 0 Å².